The van der Waals surface area contributed by atoms with E-state index in [1.165, 1.54) is 24.1 Å². The summed E-state index contributed by atoms with van der Waals surface area (Å²) in [7, 11) is 0. The van der Waals surface area contributed by atoms with Gasteiger partial charge >= 0.3 is 0 Å². The Hall–Kier alpha value is -1.69. The molecular weight excluding hydrogens is 304 g/mol. The van der Waals surface area contributed by atoms with E-state index >= 15 is 0 Å². The van der Waals surface area contributed by atoms with Crippen LogP contribution in [-0.2, 0) is 11.2 Å². The van der Waals surface area contributed by atoms with Crippen molar-refractivity contribution in [3.63, 3.8) is 0 Å². The minimum absolute atomic E-state index is 0.0452. The molecule has 2 unspecified atom stereocenters. The van der Waals surface area contributed by atoms with E-state index in [-0.39, 0.29) is 17.9 Å². The second-order valence-corrected chi connectivity index (χ2v) is 7.91. The van der Waals surface area contributed by atoms with Crippen LogP contribution in [0.1, 0.15) is 42.9 Å². The van der Waals surface area contributed by atoms with Gasteiger partial charge in [-0.05, 0) is 43.6 Å². The zero-order valence-corrected chi connectivity index (χ0v) is 13.9. The number of aliphatic hydroxyl groups excluding tert-OH is 1. The number of carbonyl (C=O) groups is 1. The molecule has 1 N–H and O–H groups in total. The van der Waals surface area contributed by atoms with E-state index in [1.807, 2.05) is 11.1 Å². The Bertz CT molecular complexity index is 667. The second kappa shape index (κ2) is 5.41. The fourth-order valence-corrected chi connectivity index (χ4v) is 4.86. The molecule has 1 amide bonds. The van der Waals surface area contributed by atoms with Crippen LogP contribution in [0.25, 0.3) is 0 Å². The smallest absolute Gasteiger partial charge is 0.225 e. The van der Waals surface area contributed by atoms with Gasteiger partial charge in [0.05, 0.1) is 11.8 Å². The molecule has 2 aliphatic carbocycles. The van der Waals surface area contributed by atoms with Gasteiger partial charge in [0.15, 0.2) is 0 Å². The maximum Gasteiger partial charge on any atom is 0.225 e. The number of aliphatic hydroxyl groups is 1. The van der Waals surface area contributed by atoms with Crippen molar-refractivity contribution in [1.82, 2.24) is 14.9 Å². The summed E-state index contributed by atoms with van der Waals surface area (Å²) in [6, 6.07) is 0. The molecule has 6 nitrogen and oxygen atoms in total. The van der Waals surface area contributed by atoms with Crippen molar-refractivity contribution in [1.29, 1.82) is 0 Å². The van der Waals surface area contributed by atoms with Gasteiger partial charge in [0.1, 0.15) is 0 Å². The summed E-state index contributed by atoms with van der Waals surface area (Å²) < 4.78 is 0. The Balaban J connectivity index is 1.33. The van der Waals surface area contributed by atoms with Crippen LogP contribution in [0, 0.1) is 11.8 Å². The van der Waals surface area contributed by atoms with E-state index in [4.69, 9.17) is 4.98 Å². The van der Waals surface area contributed by atoms with Crippen molar-refractivity contribution in [3.05, 3.63) is 17.5 Å². The molecule has 128 valence electrons. The Morgan fingerprint density at radius 1 is 1.21 bits per heavy atom. The highest BCUT2D eigenvalue weighted by Crippen LogP contribution is 2.43. The van der Waals surface area contributed by atoms with Gasteiger partial charge in [0, 0.05) is 44.2 Å². The molecule has 2 atom stereocenters. The maximum absolute atomic E-state index is 12.6. The second-order valence-electron chi connectivity index (χ2n) is 7.91. The van der Waals surface area contributed by atoms with Crippen molar-refractivity contribution in [2.75, 3.05) is 31.1 Å². The maximum atomic E-state index is 12.6. The van der Waals surface area contributed by atoms with Gasteiger partial charge in [-0.3, -0.25) is 4.79 Å². The topological polar surface area (TPSA) is 69.6 Å². The van der Waals surface area contributed by atoms with E-state index in [2.05, 4.69) is 9.88 Å². The van der Waals surface area contributed by atoms with Crippen LogP contribution in [-0.4, -0.2) is 58.2 Å². The number of carbonyl (C=O) groups excluding carboxylic acids is 1. The van der Waals surface area contributed by atoms with E-state index in [0.29, 0.717) is 24.7 Å². The highest BCUT2D eigenvalue weighted by atomic mass is 16.3. The molecule has 6 heteroatoms. The molecule has 1 saturated carbocycles. The fraction of sp³-hybridized carbons (Fsp3) is 0.722. The number of anilines is 1. The zero-order chi connectivity index (χ0) is 16.3. The van der Waals surface area contributed by atoms with Gasteiger partial charge in [-0.25, -0.2) is 9.97 Å². The number of amides is 1. The molecule has 0 bridgehead atoms. The number of aromatic nitrogens is 2. The monoisotopic (exact) mass is 328 g/mol. The van der Waals surface area contributed by atoms with E-state index in [9.17, 15) is 9.90 Å². The summed E-state index contributed by atoms with van der Waals surface area (Å²) in [5.74, 6) is 2.03. The van der Waals surface area contributed by atoms with Gasteiger partial charge in [-0.1, -0.05) is 0 Å². The molecule has 0 radical (unpaired) electrons. The molecule has 3 fully saturated rings. The minimum atomic E-state index is -0.266. The lowest BCUT2D eigenvalue weighted by atomic mass is 9.81. The lowest BCUT2D eigenvalue weighted by Crippen LogP contribution is -2.43. The first-order chi connectivity index (χ1) is 11.7. The van der Waals surface area contributed by atoms with Crippen molar-refractivity contribution >= 4 is 11.9 Å². The summed E-state index contributed by atoms with van der Waals surface area (Å²) >= 11 is 0. The first-order valence-electron chi connectivity index (χ1n) is 9.26. The SMILES string of the molecule is O=C(C1CC(O)C1)N1CC2Cc3cnc(N4CCCC4)nc3C2C1. The summed E-state index contributed by atoms with van der Waals surface area (Å²) in [6.45, 7) is 3.74. The van der Waals surface area contributed by atoms with Gasteiger partial charge in [0.2, 0.25) is 11.9 Å². The molecule has 5 rings (SSSR count). The molecule has 24 heavy (non-hydrogen) atoms. The van der Waals surface area contributed by atoms with Crippen LogP contribution in [0.2, 0.25) is 0 Å². The van der Waals surface area contributed by atoms with Gasteiger partial charge in [-0.15, -0.1) is 0 Å². The van der Waals surface area contributed by atoms with Gasteiger partial charge in [-0.2, -0.15) is 0 Å². The highest BCUT2D eigenvalue weighted by Gasteiger charge is 2.45. The zero-order valence-electron chi connectivity index (χ0n) is 13.9. The Labute approximate surface area is 141 Å². The number of hydrogen-bond donors (Lipinski definition) is 1. The van der Waals surface area contributed by atoms with Crippen molar-refractivity contribution in [3.8, 4) is 0 Å². The number of hydrogen-bond acceptors (Lipinski definition) is 5. The molecule has 1 aromatic rings. The lowest BCUT2D eigenvalue weighted by Gasteiger charge is -2.33. The minimum Gasteiger partial charge on any atom is -0.393 e. The summed E-state index contributed by atoms with van der Waals surface area (Å²) in [4.78, 5) is 26.3. The van der Waals surface area contributed by atoms with E-state index < -0.39 is 0 Å². The predicted molar refractivity (Wildman–Crippen MR) is 88.7 cm³/mol. The molecule has 2 saturated heterocycles. The van der Waals surface area contributed by atoms with Crippen LogP contribution < -0.4 is 4.90 Å². The summed E-state index contributed by atoms with van der Waals surface area (Å²) in [6.07, 6.45) is 6.48. The van der Waals surface area contributed by atoms with Crippen molar-refractivity contribution in [2.45, 2.75) is 44.1 Å². The Morgan fingerprint density at radius 3 is 2.75 bits per heavy atom. The molecule has 1 aromatic heterocycles. The van der Waals surface area contributed by atoms with Gasteiger partial charge in [0.25, 0.3) is 0 Å². The van der Waals surface area contributed by atoms with Crippen LogP contribution in [0.3, 0.4) is 0 Å². The molecule has 0 spiro atoms. The average molecular weight is 328 g/mol. The highest BCUT2D eigenvalue weighted by molar-refractivity contribution is 5.80. The fourth-order valence-electron chi connectivity index (χ4n) is 4.86. The largest absolute Gasteiger partial charge is 0.393 e. The number of nitrogens with zero attached hydrogens (tertiary/aromatic N) is 4. The molecular formula is C18H24N4O2. The van der Waals surface area contributed by atoms with Crippen LogP contribution >= 0.6 is 0 Å². The number of likely N-dealkylation sites (tertiary alicyclic amines) is 1. The van der Waals surface area contributed by atoms with Crippen LogP contribution in [0.15, 0.2) is 6.20 Å². The van der Waals surface area contributed by atoms with E-state index in [1.54, 1.807) is 0 Å². The van der Waals surface area contributed by atoms with Crippen molar-refractivity contribution < 1.29 is 9.90 Å². The third-order valence-electron chi connectivity index (χ3n) is 6.32. The average Bonchev–Trinajstić information content (AvgIpc) is 3.25. The third kappa shape index (κ3) is 2.23. The quantitative estimate of drug-likeness (QED) is 0.875. The first kappa shape index (κ1) is 14.6. The third-order valence-corrected chi connectivity index (χ3v) is 6.32. The van der Waals surface area contributed by atoms with Crippen LogP contribution in [0.4, 0.5) is 5.95 Å². The molecule has 3 heterocycles. The Morgan fingerprint density at radius 2 is 2.00 bits per heavy atom. The molecule has 4 aliphatic rings. The number of rotatable bonds is 2. The van der Waals surface area contributed by atoms with E-state index in [0.717, 1.165) is 38.5 Å². The van der Waals surface area contributed by atoms with Crippen molar-refractivity contribution in [2.24, 2.45) is 11.8 Å². The molecule has 2 aliphatic heterocycles. The number of fused-ring (bicyclic) bond motifs is 3. The summed E-state index contributed by atoms with van der Waals surface area (Å²) in [5, 5.41) is 9.44. The van der Waals surface area contributed by atoms with Gasteiger partial charge < -0.3 is 14.9 Å². The van der Waals surface area contributed by atoms with Crippen LogP contribution in [0.5, 0.6) is 0 Å². The Kier molecular flexibility index (Phi) is 3.30. The first-order valence-corrected chi connectivity index (χ1v) is 9.26. The lowest BCUT2D eigenvalue weighted by molar-refractivity contribution is -0.141. The predicted octanol–water partition coefficient (Wildman–Crippen LogP) is 0.946. The standard InChI is InChI=1S/C18H24N4O2/c23-14-6-11(7-14)17(24)22-9-13-5-12-8-19-18(21-3-1-2-4-21)20-16(12)15(13)10-22/h8,11,13-15,23H,1-7,9-10H2. The summed E-state index contributed by atoms with van der Waals surface area (Å²) in [5.41, 5.74) is 2.46. The normalized spacial score (nSPS) is 34.2. The molecule has 0 aromatic carbocycles.